The van der Waals surface area contributed by atoms with Gasteiger partial charge in [-0.2, -0.15) is 0 Å². The summed E-state index contributed by atoms with van der Waals surface area (Å²) in [6.45, 7) is 7.58. The zero-order valence-corrected chi connectivity index (χ0v) is 13.9. The first-order valence-electron chi connectivity index (χ1n) is 7.90. The Morgan fingerprint density at radius 3 is 2.81 bits per heavy atom. The van der Waals surface area contributed by atoms with Gasteiger partial charge in [-0.05, 0) is 38.2 Å². The normalized spacial score (nSPS) is 20.7. The van der Waals surface area contributed by atoms with Crippen molar-refractivity contribution in [1.82, 2.24) is 15.1 Å². The Kier molecular flexibility index (Phi) is 6.03. The Hall–Kier alpha value is -1.10. The molecule has 1 saturated heterocycles. The van der Waals surface area contributed by atoms with Crippen molar-refractivity contribution in [2.75, 3.05) is 40.8 Å². The molecule has 1 atom stereocenters. The summed E-state index contributed by atoms with van der Waals surface area (Å²) in [6.07, 6.45) is 1.21. The molecule has 4 heteroatoms. The van der Waals surface area contributed by atoms with Crippen molar-refractivity contribution in [2.24, 2.45) is 0 Å². The number of methoxy groups -OCH3 is 1. The van der Waals surface area contributed by atoms with Crippen LogP contribution in [-0.2, 0) is 13.1 Å². The summed E-state index contributed by atoms with van der Waals surface area (Å²) in [7, 11) is 5.98. The largest absolute Gasteiger partial charge is 0.496 e. The highest BCUT2D eigenvalue weighted by Gasteiger charge is 2.23. The smallest absolute Gasteiger partial charge is 0.123 e. The lowest BCUT2D eigenvalue weighted by atomic mass is 10.1. The van der Waals surface area contributed by atoms with Crippen molar-refractivity contribution < 1.29 is 4.74 Å². The van der Waals surface area contributed by atoms with Crippen molar-refractivity contribution in [3.63, 3.8) is 0 Å². The van der Waals surface area contributed by atoms with Crippen LogP contribution in [0.15, 0.2) is 18.2 Å². The minimum absolute atomic E-state index is 0.672. The van der Waals surface area contributed by atoms with Gasteiger partial charge in [-0.15, -0.1) is 0 Å². The first kappa shape index (κ1) is 16.3. The van der Waals surface area contributed by atoms with E-state index in [1.165, 1.54) is 17.5 Å². The van der Waals surface area contributed by atoms with E-state index in [1.807, 2.05) is 7.05 Å². The highest BCUT2D eigenvalue weighted by Crippen LogP contribution is 2.23. The van der Waals surface area contributed by atoms with Gasteiger partial charge in [-0.1, -0.05) is 13.0 Å². The fraction of sp³-hybridized carbons (Fsp3) is 0.647. The van der Waals surface area contributed by atoms with E-state index in [2.05, 4.69) is 47.3 Å². The van der Waals surface area contributed by atoms with Crippen LogP contribution < -0.4 is 10.1 Å². The van der Waals surface area contributed by atoms with Crippen LogP contribution in [0.2, 0.25) is 0 Å². The van der Waals surface area contributed by atoms with Gasteiger partial charge in [0.1, 0.15) is 5.75 Å². The van der Waals surface area contributed by atoms with E-state index in [0.29, 0.717) is 6.04 Å². The molecule has 0 aromatic heterocycles. The standard InChI is InChI=1S/C17H29N3O/c1-5-16-13-20(9-8-19(16)3)12-15-10-14(11-18-2)6-7-17(15)21-4/h6-7,10,16,18H,5,8-9,11-13H2,1-4H3. The third-order valence-corrected chi connectivity index (χ3v) is 4.45. The maximum atomic E-state index is 5.54. The van der Waals surface area contributed by atoms with Gasteiger partial charge in [0, 0.05) is 44.3 Å². The van der Waals surface area contributed by atoms with Crippen LogP contribution in [0.5, 0.6) is 5.75 Å². The van der Waals surface area contributed by atoms with Crippen LogP contribution in [0.25, 0.3) is 0 Å². The molecule has 1 aliphatic heterocycles. The molecule has 0 amide bonds. The van der Waals surface area contributed by atoms with Gasteiger partial charge >= 0.3 is 0 Å². The molecule has 0 spiro atoms. The Bertz CT molecular complexity index is 450. The molecule has 1 heterocycles. The number of piperazine rings is 1. The molecule has 1 unspecified atom stereocenters. The molecule has 118 valence electrons. The zero-order chi connectivity index (χ0) is 15.2. The lowest BCUT2D eigenvalue weighted by Gasteiger charge is -2.39. The second-order valence-corrected chi connectivity index (χ2v) is 5.95. The Morgan fingerprint density at radius 2 is 2.14 bits per heavy atom. The van der Waals surface area contributed by atoms with Crippen molar-refractivity contribution in [3.05, 3.63) is 29.3 Å². The topological polar surface area (TPSA) is 27.7 Å². The van der Waals surface area contributed by atoms with E-state index in [9.17, 15) is 0 Å². The monoisotopic (exact) mass is 291 g/mol. The van der Waals surface area contributed by atoms with Crippen molar-refractivity contribution in [1.29, 1.82) is 0 Å². The molecule has 0 saturated carbocycles. The van der Waals surface area contributed by atoms with E-state index in [4.69, 9.17) is 4.74 Å². The number of nitrogens with zero attached hydrogens (tertiary/aromatic N) is 2. The number of ether oxygens (including phenoxy) is 1. The molecule has 0 bridgehead atoms. The van der Waals surface area contributed by atoms with Gasteiger partial charge in [-0.25, -0.2) is 0 Å². The Morgan fingerprint density at radius 1 is 1.33 bits per heavy atom. The quantitative estimate of drug-likeness (QED) is 0.867. The minimum atomic E-state index is 0.672. The Labute approximate surface area is 129 Å². The first-order chi connectivity index (χ1) is 10.2. The van der Waals surface area contributed by atoms with Crippen molar-refractivity contribution in [2.45, 2.75) is 32.5 Å². The van der Waals surface area contributed by atoms with E-state index < -0.39 is 0 Å². The number of rotatable bonds is 6. The van der Waals surface area contributed by atoms with Crippen LogP contribution in [-0.4, -0.2) is 56.7 Å². The predicted molar refractivity (Wildman–Crippen MR) is 87.7 cm³/mol. The van der Waals surface area contributed by atoms with Crippen LogP contribution >= 0.6 is 0 Å². The molecular weight excluding hydrogens is 262 g/mol. The molecule has 21 heavy (non-hydrogen) atoms. The highest BCUT2D eigenvalue weighted by atomic mass is 16.5. The summed E-state index contributed by atoms with van der Waals surface area (Å²) in [5.74, 6) is 1.00. The van der Waals surface area contributed by atoms with Crippen LogP contribution in [0.4, 0.5) is 0 Å². The fourth-order valence-electron chi connectivity index (χ4n) is 3.11. The van der Waals surface area contributed by atoms with Gasteiger partial charge in [0.15, 0.2) is 0 Å². The third kappa shape index (κ3) is 4.19. The fourth-order valence-corrected chi connectivity index (χ4v) is 3.11. The predicted octanol–water partition coefficient (Wildman–Crippen LogP) is 1.94. The molecule has 1 aromatic carbocycles. The van der Waals surface area contributed by atoms with E-state index in [-0.39, 0.29) is 0 Å². The summed E-state index contributed by atoms with van der Waals surface area (Å²) in [5, 5.41) is 3.21. The van der Waals surface area contributed by atoms with E-state index in [1.54, 1.807) is 7.11 Å². The molecule has 1 N–H and O–H groups in total. The number of likely N-dealkylation sites (N-methyl/N-ethyl adjacent to an activating group) is 1. The molecule has 0 aliphatic carbocycles. The zero-order valence-electron chi connectivity index (χ0n) is 13.9. The maximum Gasteiger partial charge on any atom is 0.123 e. The van der Waals surface area contributed by atoms with Gasteiger partial charge in [0.05, 0.1) is 7.11 Å². The third-order valence-electron chi connectivity index (χ3n) is 4.45. The van der Waals surface area contributed by atoms with Gasteiger partial charge < -0.3 is 15.0 Å². The molecule has 1 aromatic rings. The SMILES string of the molecule is CCC1CN(Cc2cc(CNC)ccc2OC)CCN1C. The minimum Gasteiger partial charge on any atom is -0.496 e. The highest BCUT2D eigenvalue weighted by molar-refractivity contribution is 5.37. The molecule has 4 nitrogen and oxygen atoms in total. The average molecular weight is 291 g/mol. The summed E-state index contributed by atoms with van der Waals surface area (Å²) in [4.78, 5) is 5.03. The summed E-state index contributed by atoms with van der Waals surface area (Å²) in [5.41, 5.74) is 2.61. The molecular formula is C17H29N3O. The number of benzene rings is 1. The van der Waals surface area contributed by atoms with Crippen molar-refractivity contribution in [3.8, 4) is 5.75 Å². The van der Waals surface area contributed by atoms with Gasteiger partial charge in [-0.3, -0.25) is 4.90 Å². The molecule has 2 rings (SSSR count). The van der Waals surface area contributed by atoms with E-state index in [0.717, 1.165) is 38.5 Å². The average Bonchev–Trinajstić information content (AvgIpc) is 2.50. The summed E-state index contributed by atoms with van der Waals surface area (Å²) in [6, 6.07) is 7.17. The summed E-state index contributed by atoms with van der Waals surface area (Å²) >= 11 is 0. The van der Waals surface area contributed by atoms with Crippen molar-refractivity contribution >= 4 is 0 Å². The van der Waals surface area contributed by atoms with Gasteiger partial charge in [0.25, 0.3) is 0 Å². The maximum absolute atomic E-state index is 5.54. The lowest BCUT2D eigenvalue weighted by Crippen LogP contribution is -2.50. The van der Waals surface area contributed by atoms with E-state index >= 15 is 0 Å². The first-order valence-corrected chi connectivity index (χ1v) is 7.90. The number of nitrogens with one attached hydrogen (secondary N) is 1. The van der Waals surface area contributed by atoms with Crippen LogP contribution in [0.3, 0.4) is 0 Å². The van der Waals surface area contributed by atoms with Gasteiger partial charge in [0.2, 0.25) is 0 Å². The van der Waals surface area contributed by atoms with Crippen LogP contribution in [0, 0.1) is 0 Å². The summed E-state index contributed by atoms with van der Waals surface area (Å²) < 4.78 is 5.54. The Balaban J connectivity index is 2.08. The molecule has 1 aliphatic rings. The van der Waals surface area contributed by atoms with Crippen LogP contribution in [0.1, 0.15) is 24.5 Å². The lowest BCUT2D eigenvalue weighted by molar-refractivity contribution is 0.0878. The molecule has 1 fully saturated rings. The second-order valence-electron chi connectivity index (χ2n) is 5.95. The second kappa shape index (κ2) is 7.78. The number of hydrogen-bond donors (Lipinski definition) is 1. The number of hydrogen-bond acceptors (Lipinski definition) is 4. The molecule has 0 radical (unpaired) electrons.